The maximum absolute atomic E-state index is 11.3. The number of ether oxygens (including phenoxy) is 1. The van der Waals surface area contributed by atoms with E-state index in [1.54, 1.807) is 13.1 Å². The fourth-order valence-electron chi connectivity index (χ4n) is 5.56. The first-order valence-corrected chi connectivity index (χ1v) is 12.3. The summed E-state index contributed by atoms with van der Waals surface area (Å²) < 4.78 is 5.21. The molecule has 0 spiro atoms. The van der Waals surface area contributed by atoms with Crippen molar-refractivity contribution in [3.63, 3.8) is 0 Å². The van der Waals surface area contributed by atoms with E-state index >= 15 is 0 Å². The van der Waals surface area contributed by atoms with Crippen molar-refractivity contribution in [2.75, 3.05) is 0 Å². The molecule has 29 heavy (non-hydrogen) atoms. The summed E-state index contributed by atoms with van der Waals surface area (Å²) in [6.07, 6.45) is 20.4. The van der Waals surface area contributed by atoms with Crippen LogP contribution < -0.4 is 4.74 Å². The Labute approximate surface area is 178 Å². The quantitative estimate of drug-likeness (QED) is 0.414. The second-order valence-electron chi connectivity index (χ2n) is 9.56. The number of pyridine rings is 1. The molecule has 2 aliphatic carbocycles. The highest BCUT2D eigenvalue weighted by Gasteiger charge is 2.30. The summed E-state index contributed by atoms with van der Waals surface area (Å²) in [5, 5.41) is 0. The van der Waals surface area contributed by atoms with Crippen molar-refractivity contribution in [1.82, 2.24) is 4.98 Å². The van der Waals surface area contributed by atoms with Crippen molar-refractivity contribution in [1.29, 1.82) is 0 Å². The largest absolute Gasteiger partial charge is 0.425 e. The number of rotatable bonds is 9. The molecule has 162 valence electrons. The summed E-state index contributed by atoms with van der Waals surface area (Å²) >= 11 is 0. The van der Waals surface area contributed by atoms with Crippen LogP contribution in [-0.2, 0) is 11.2 Å². The van der Waals surface area contributed by atoms with Crippen LogP contribution in [0.3, 0.4) is 0 Å². The van der Waals surface area contributed by atoms with Gasteiger partial charge in [0.2, 0.25) is 0 Å². The average molecular weight is 400 g/mol. The fourth-order valence-corrected chi connectivity index (χ4v) is 5.56. The Bertz CT molecular complexity index is 596. The number of hydrogen-bond donors (Lipinski definition) is 0. The summed E-state index contributed by atoms with van der Waals surface area (Å²) in [5.41, 5.74) is 1.12. The highest BCUT2D eigenvalue weighted by atomic mass is 16.5. The van der Waals surface area contributed by atoms with E-state index in [0.29, 0.717) is 12.2 Å². The lowest BCUT2D eigenvalue weighted by Gasteiger charge is -2.38. The van der Waals surface area contributed by atoms with Crippen LogP contribution >= 0.6 is 0 Å². The molecule has 2 saturated carbocycles. The third-order valence-electron chi connectivity index (χ3n) is 7.54. The van der Waals surface area contributed by atoms with Gasteiger partial charge in [-0.3, -0.25) is 9.78 Å². The molecule has 2 fully saturated rings. The summed E-state index contributed by atoms with van der Waals surface area (Å²) in [7, 11) is 0. The van der Waals surface area contributed by atoms with E-state index in [4.69, 9.17) is 4.74 Å². The molecule has 1 aromatic rings. The average Bonchev–Trinajstić information content (AvgIpc) is 2.78. The van der Waals surface area contributed by atoms with Crippen LogP contribution in [0.1, 0.15) is 103 Å². The van der Waals surface area contributed by atoms with Gasteiger partial charge in [0.05, 0.1) is 6.20 Å². The van der Waals surface area contributed by atoms with Gasteiger partial charge >= 0.3 is 5.97 Å². The van der Waals surface area contributed by atoms with Crippen molar-refractivity contribution in [2.24, 2.45) is 23.7 Å². The SMILES string of the molecule is CCCC[C@H]1CC[C@H](C2CCC(CCc3ccc(OC(=O)CC)cn3)CC2)CC1. The minimum Gasteiger partial charge on any atom is -0.425 e. The third kappa shape index (κ3) is 7.12. The highest BCUT2D eigenvalue weighted by molar-refractivity contribution is 5.71. The number of nitrogens with zero attached hydrogens (tertiary/aromatic N) is 1. The Morgan fingerprint density at radius 1 is 0.931 bits per heavy atom. The summed E-state index contributed by atoms with van der Waals surface area (Å²) in [4.78, 5) is 15.8. The molecule has 0 N–H and O–H groups in total. The van der Waals surface area contributed by atoms with Gasteiger partial charge in [-0.25, -0.2) is 0 Å². The number of carbonyl (C=O) groups excluding carboxylic acids is 1. The topological polar surface area (TPSA) is 39.2 Å². The Kier molecular flexibility index (Phi) is 9.01. The predicted molar refractivity (Wildman–Crippen MR) is 119 cm³/mol. The molecule has 2 aliphatic rings. The molecule has 0 radical (unpaired) electrons. The fraction of sp³-hybridized carbons (Fsp3) is 0.769. The van der Waals surface area contributed by atoms with Crippen LogP contribution in [0, 0.1) is 23.7 Å². The minimum absolute atomic E-state index is 0.203. The monoisotopic (exact) mass is 399 g/mol. The standard InChI is InChI=1S/C26H41NO2/c1-3-5-6-20-7-12-22(13-8-20)23-14-9-21(10-15-23)11-16-24-17-18-25(19-27-24)29-26(28)4-2/h17-23H,3-16H2,1-2H3/t20-,21?,22-,23?. The predicted octanol–water partition coefficient (Wildman–Crippen LogP) is 7.13. The van der Waals surface area contributed by atoms with Gasteiger partial charge in [-0.2, -0.15) is 0 Å². The van der Waals surface area contributed by atoms with Crippen molar-refractivity contribution in [3.8, 4) is 5.75 Å². The Morgan fingerprint density at radius 3 is 2.07 bits per heavy atom. The summed E-state index contributed by atoms with van der Waals surface area (Å²) in [6.45, 7) is 4.12. The molecule has 0 aromatic carbocycles. The molecular weight excluding hydrogens is 358 g/mol. The molecule has 0 unspecified atom stereocenters. The molecule has 0 aliphatic heterocycles. The van der Waals surface area contributed by atoms with E-state index in [1.807, 2.05) is 12.1 Å². The summed E-state index contributed by atoms with van der Waals surface area (Å²) in [6, 6.07) is 3.89. The molecule has 3 rings (SSSR count). The third-order valence-corrected chi connectivity index (χ3v) is 7.54. The van der Waals surface area contributed by atoms with Gasteiger partial charge in [0.15, 0.2) is 0 Å². The number of aryl methyl sites for hydroxylation is 1. The van der Waals surface area contributed by atoms with Crippen LogP contribution in [-0.4, -0.2) is 11.0 Å². The number of carbonyl (C=O) groups is 1. The van der Waals surface area contributed by atoms with Gasteiger partial charge in [-0.05, 0) is 74.3 Å². The number of aromatic nitrogens is 1. The van der Waals surface area contributed by atoms with Crippen LogP contribution in [0.5, 0.6) is 5.75 Å². The van der Waals surface area contributed by atoms with E-state index in [-0.39, 0.29) is 5.97 Å². The maximum Gasteiger partial charge on any atom is 0.310 e. The summed E-state index contributed by atoms with van der Waals surface area (Å²) in [5.74, 6) is 4.28. The van der Waals surface area contributed by atoms with Crippen LogP contribution in [0.25, 0.3) is 0 Å². The minimum atomic E-state index is -0.203. The highest BCUT2D eigenvalue weighted by Crippen LogP contribution is 2.43. The van der Waals surface area contributed by atoms with Crippen molar-refractivity contribution >= 4 is 5.97 Å². The lowest BCUT2D eigenvalue weighted by atomic mass is 9.68. The van der Waals surface area contributed by atoms with E-state index in [9.17, 15) is 4.79 Å². The molecule has 0 amide bonds. The molecule has 1 heterocycles. The first kappa shape index (κ1) is 22.3. The van der Waals surface area contributed by atoms with Gasteiger partial charge in [-0.15, -0.1) is 0 Å². The van der Waals surface area contributed by atoms with Gasteiger partial charge in [0, 0.05) is 12.1 Å². The van der Waals surface area contributed by atoms with Crippen LogP contribution in [0.4, 0.5) is 0 Å². The van der Waals surface area contributed by atoms with Crippen molar-refractivity contribution < 1.29 is 9.53 Å². The van der Waals surface area contributed by atoms with Gasteiger partial charge in [0.1, 0.15) is 5.75 Å². The first-order valence-electron chi connectivity index (χ1n) is 12.3. The second-order valence-corrected chi connectivity index (χ2v) is 9.56. The second kappa shape index (κ2) is 11.7. The van der Waals surface area contributed by atoms with Gasteiger partial charge < -0.3 is 4.74 Å². The molecule has 1 aromatic heterocycles. The Morgan fingerprint density at radius 2 is 1.55 bits per heavy atom. The zero-order valence-corrected chi connectivity index (χ0v) is 18.7. The molecule has 0 atom stereocenters. The molecular formula is C26H41NO2. The normalized spacial score (nSPS) is 27.5. The van der Waals surface area contributed by atoms with Crippen LogP contribution in [0.2, 0.25) is 0 Å². The zero-order valence-electron chi connectivity index (χ0n) is 18.7. The maximum atomic E-state index is 11.3. The van der Waals surface area contributed by atoms with Crippen LogP contribution in [0.15, 0.2) is 18.3 Å². The van der Waals surface area contributed by atoms with E-state index < -0.39 is 0 Å². The Balaban J connectivity index is 1.33. The number of unbranched alkanes of at least 4 members (excludes halogenated alkanes) is 1. The van der Waals surface area contributed by atoms with E-state index in [2.05, 4.69) is 11.9 Å². The van der Waals surface area contributed by atoms with Crippen molar-refractivity contribution in [2.45, 2.75) is 104 Å². The van der Waals surface area contributed by atoms with Crippen molar-refractivity contribution in [3.05, 3.63) is 24.0 Å². The lowest BCUT2D eigenvalue weighted by Crippen LogP contribution is -2.26. The van der Waals surface area contributed by atoms with Gasteiger partial charge in [0.25, 0.3) is 0 Å². The molecule has 3 nitrogen and oxygen atoms in total. The Hall–Kier alpha value is -1.38. The number of hydrogen-bond acceptors (Lipinski definition) is 3. The molecule has 0 saturated heterocycles. The van der Waals surface area contributed by atoms with E-state index in [0.717, 1.165) is 35.8 Å². The molecule has 0 bridgehead atoms. The zero-order chi connectivity index (χ0) is 20.5. The number of esters is 1. The molecule has 3 heteroatoms. The smallest absolute Gasteiger partial charge is 0.310 e. The van der Waals surface area contributed by atoms with Gasteiger partial charge in [-0.1, -0.05) is 58.8 Å². The lowest BCUT2D eigenvalue weighted by molar-refractivity contribution is -0.134. The van der Waals surface area contributed by atoms with E-state index in [1.165, 1.54) is 77.0 Å². The first-order chi connectivity index (χ1) is 14.2.